The Kier molecular flexibility index (Phi) is 5.04. The van der Waals surface area contributed by atoms with Crippen molar-refractivity contribution in [2.24, 2.45) is 0 Å². The quantitative estimate of drug-likeness (QED) is 0.591. The van der Waals surface area contributed by atoms with Gasteiger partial charge in [-0.15, -0.1) is 0 Å². The number of aryl methyl sites for hydroxylation is 1. The van der Waals surface area contributed by atoms with E-state index in [0.717, 1.165) is 33.8 Å². The fraction of sp³-hybridized carbons (Fsp3) is 0.0526. The van der Waals surface area contributed by atoms with Gasteiger partial charge < -0.3 is 17.2 Å². The maximum Gasteiger partial charge on any atom is 0.0343 e. The topological polar surface area (TPSA) is 78.1 Å². The predicted molar refractivity (Wildman–Crippen MR) is 96.3 cm³/mol. The Morgan fingerprint density at radius 1 is 0.545 bits per heavy atom. The molecule has 3 heteroatoms. The Hall–Kier alpha value is -2.94. The minimum Gasteiger partial charge on any atom is -0.399 e. The van der Waals surface area contributed by atoms with Crippen LogP contribution >= 0.6 is 0 Å². The van der Waals surface area contributed by atoms with Crippen molar-refractivity contribution in [3.63, 3.8) is 0 Å². The normalized spacial score (nSPS) is 9.68. The van der Waals surface area contributed by atoms with Crippen LogP contribution in [-0.2, 0) is 0 Å². The first-order valence-corrected chi connectivity index (χ1v) is 7.09. The summed E-state index contributed by atoms with van der Waals surface area (Å²) in [5, 5.41) is 0. The number of para-hydroxylation sites is 1. The van der Waals surface area contributed by atoms with Gasteiger partial charge in [-0.1, -0.05) is 42.5 Å². The molecule has 0 spiro atoms. The van der Waals surface area contributed by atoms with Gasteiger partial charge in [0.25, 0.3) is 0 Å². The summed E-state index contributed by atoms with van der Waals surface area (Å²) in [7, 11) is 0. The first-order valence-electron chi connectivity index (χ1n) is 7.09. The van der Waals surface area contributed by atoms with Gasteiger partial charge in [-0.25, -0.2) is 0 Å². The molecule has 0 aromatic heterocycles. The minimum atomic E-state index is 0.782. The van der Waals surface area contributed by atoms with Crippen molar-refractivity contribution < 1.29 is 0 Å². The summed E-state index contributed by atoms with van der Waals surface area (Å²) in [6, 6.07) is 23.4. The van der Waals surface area contributed by atoms with E-state index in [4.69, 9.17) is 17.2 Å². The SMILES string of the molecule is Cc1ccccc1N.Nc1ccc(-c2ccc(N)cc2)cc1. The van der Waals surface area contributed by atoms with Gasteiger partial charge in [-0.2, -0.15) is 0 Å². The second-order valence-corrected chi connectivity index (χ2v) is 5.10. The largest absolute Gasteiger partial charge is 0.399 e. The Morgan fingerprint density at radius 3 is 1.27 bits per heavy atom. The zero-order chi connectivity index (χ0) is 15.9. The first-order chi connectivity index (χ1) is 10.6. The molecule has 3 aromatic carbocycles. The molecule has 0 fully saturated rings. The lowest BCUT2D eigenvalue weighted by Crippen LogP contribution is -1.85. The smallest absolute Gasteiger partial charge is 0.0343 e. The highest BCUT2D eigenvalue weighted by atomic mass is 14.5. The van der Waals surface area contributed by atoms with Gasteiger partial charge in [-0.05, 0) is 53.9 Å². The molecule has 0 saturated heterocycles. The zero-order valence-electron chi connectivity index (χ0n) is 12.7. The lowest BCUT2D eigenvalue weighted by atomic mass is 10.1. The molecule has 0 radical (unpaired) electrons. The van der Waals surface area contributed by atoms with Crippen LogP contribution in [0.25, 0.3) is 11.1 Å². The number of anilines is 3. The number of hydrogen-bond donors (Lipinski definition) is 3. The third kappa shape index (κ3) is 4.28. The molecule has 0 saturated carbocycles. The van der Waals surface area contributed by atoms with Crippen LogP contribution in [0.1, 0.15) is 5.56 Å². The van der Waals surface area contributed by atoms with Crippen LogP contribution in [-0.4, -0.2) is 0 Å². The lowest BCUT2D eigenvalue weighted by molar-refractivity contribution is 1.47. The van der Waals surface area contributed by atoms with E-state index in [0.29, 0.717) is 0 Å². The highest BCUT2D eigenvalue weighted by molar-refractivity contribution is 5.67. The second-order valence-electron chi connectivity index (χ2n) is 5.10. The van der Waals surface area contributed by atoms with E-state index in [1.54, 1.807) is 0 Å². The van der Waals surface area contributed by atoms with E-state index in [1.165, 1.54) is 0 Å². The summed E-state index contributed by atoms with van der Waals surface area (Å²) in [6.45, 7) is 2.00. The number of nitrogen functional groups attached to an aromatic ring is 3. The maximum absolute atomic E-state index is 5.61. The molecule has 112 valence electrons. The van der Waals surface area contributed by atoms with Crippen LogP contribution in [0.15, 0.2) is 72.8 Å². The van der Waals surface area contributed by atoms with Gasteiger partial charge in [0.15, 0.2) is 0 Å². The maximum atomic E-state index is 5.61. The van der Waals surface area contributed by atoms with Gasteiger partial charge in [0.1, 0.15) is 0 Å². The van der Waals surface area contributed by atoms with Gasteiger partial charge >= 0.3 is 0 Å². The second kappa shape index (κ2) is 7.18. The molecule has 0 heterocycles. The molecule has 0 unspecified atom stereocenters. The van der Waals surface area contributed by atoms with E-state index < -0.39 is 0 Å². The van der Waals surface area contributed by atoms with Crippen molar-refractivity contribution in [1.29, 1.82) is 0 Å². The summed E-state index contributed by atoms with van der Waals surface area (Å²) in [5.41, 5.74) is 22.6. The molecule has 0 aliphatic carbocycles. The molecule has 0 atom stereocenters. The first kappa shape index (κ1) is 15.4. The third-order valence-electron chi connectivity index (χ3n) is 3.34. The van der Waals surface area contributed by atoms with Crippen molar-refractivity contribution in [3.8, 4) is 11.1 Å². The third-order valence-corrected chi connectivity index (χ3v) is 3.34. The molecule has 0 aliphatic heterocycles. The van der Waals surface area contributed by atoms with Crippen LogP contribution < -0.4 is 17.2 Å². The van der Waals surface area contributed by atoms with Crippen LogP contribution in [0.4, 0.5) is 17.1 Å². The standard InChI is InChI=1S/C12H12N2.C7H9N/c13-11-5-1-9(2-6-11)10-3-7-12(14)8-4-10;1-6-4-2-3-5-7(6)8/h1-8H,13-14H2;2-5H,8H2,1H3. The molecule has 0 bridgehead atoms. The summed E-state index contributed by atoms with van der Waals surface area (Å²) >= 11 is 0. The Morgan fingerprint density at radius 2 is 0.955 bits per heavy atom. The van der Waals surface area contributed by atoms with Crippen molar-refractivity contribution in [1.82, 2.24) is 0 Å². The molecular formula is C19H21N3. The van der Waals surface area contributed by atoms with Gasteiger partial charge in [-0.3, -0.25) is 0 Å². The Bertz CT molecular complexity index is 652. The van der Waals surface area contributed by atoms with E-state index >= 15 is 0 Å². The van der Waals surface area contributed by atoms with E-state index in [2.05, 4.69) is 0 Å². The summed E-state index contributed by atoms with van der Waals surface area (Å²) in [4.78, 5) is 0. The Balaban J connectivity index is 0.000000188. The van der Waals surface area contributed by atoms with Gasteiger partial charge in [0.05, 0.1) is 0 Å². The number of benzene rings is 3. The minimum absolute atomic E-state index is 0.782. The summed E-state index contributed by atoms with van der Waals surface area (Å²) in [6.07, 6.45) is 0. The van der Waals surface area contributed by atoms with E-state index in [9.17, 15) is 0 Å². The van der Waals surface area contributed by atoms with Crippen LogP contribution in [0.2, 0.25) is 0 Å². The van der Waals surface area contributed by atoms with Crippen LogP contribution in [0.3, 0.4) is 0 Å². The highest BCUT2D eigenvalue weighted by Gasteiger charge is 1.95. The highest BCUT2D eigenvalue weighted by Crippen LogP contribution is 2.21. The summed E-state index contributed by atoms with van der Waals surface area (Å²) in [5.74, 6) is 0. The fourth-order valence-corrected chi connectivity index (χ4v) is 1.94. The van der Waals surface area contributed by atoms with Crippen LogP contribution in [0.5, 0.6) is 0 Å². The lowest BCUT2D eigenvalue weighted by Gasteiger charge is -2.02. The van der Waals surface area contributed by atoms with Crippen molar-refractivity contribution in [3.05, 3.63) is 78.4 Å². The molecule has 6 N–H and O–H groups in total. The Labute approximate surface area is 131 Å². The molecule has 0 aliphatic rings. The van der Waals surface area contributed by atoms with Crippen molar-refractivity contribution in [2.75, 3.05) is 17.2 Å². The van der Waals surface area contributed by atoms with Crippen molar-refractivity contribution in [2.45, 2.75) is 6.92 Å². The molecule has 3 nitrogen and oxygen atoms in total. The number of rotatable bonds is 1. The van der Waals surface area contributed by atoms with E-state index in [1.807, 2.05) is 79.7 Å². The number of nitrogens with two attached hydrogens (primary N) is 3. The molecule has 22 heavy (non-hydrogen) atoms. The van der Waals surface area contributed by atoms with E-state index in [-0.39, 0.29) is 0 Å². The van der Waals surface area contributed by atoms with Gasteiger partial charge in [0.2, 0.25) is 0 Å². The number of hydrogen-bond acceptors (Lipinski definition) is 3. The average Bonchev–Trinajstić information content (AvgIpc) is 2.53. The van der Waals surface area contributed by atoms with Crippen molar-refractivity contribution >= 4 is 17.1 Å². The summed E-state index contributed by atoms with van der Waals surface area (Å²) < 4.78 is 0. The molecule has 0 amide bonds. The predicted octanol–water partition coefficient (Wildman–Crippen LogP) is 4.10. The molecular weight excluding hydrogens is 270 g/mol. The fourth-order valence-electron chi connectivity index (χ4n) is 1.94. The molecule has 3 aromatic rings. The average molecular weight is 291 g/mol. The van der Waals surface area contributed by atoms with Gasteiger partial charge in [0, 0.05) is 17.1 Å². The monoisotopic (exact) mass is 291 g/mol. The zero-order valence-corrected chi connectivity index (χ0v) is 12.7. The van der Waals surface area contributed by atoms with Crippen LogP contribution in [0, 0.1) is 6.92 Å². The molecule has 3 rings (SSSR count).